The highest BCUT2D eigenvalue weighted by Crippen LogP contribution is 2.38. The maximum atomic E-state index is 6.50. The molecule has 2 fully saturated rings. The van der Waals surface area contributed by atoms with Gasteiger partial charge in [-0.05, 0) is 58.7 Å². The fourth-order valence-electron chi connectivity index (χ4n) is 3.20. The van der Waals surface area contributed by atoms with E-state index in [4.69, 9.17) is 5.73 Å². The normalized spacial score (nSPS) is 32.1. The van der Waals surface area contributed by atoms with Gasteiger partial charge in [-0.2, -0.15) is 0 Å². The van der Waals surface area contributed by atoms with Crippen LogP contribution in [0.4, 0.5) is 0 Å². The fraction of sp³-hybridized carbons (Fsp3) is 1.00. The molecule has 3 nitrogen and oxygen atoms in total. The second kappa shape index (κ2) is 5.25. The molecule has 0 amide bonds. The highest BCUT2D eigenvalue weighted by Gasteiger charge is 2.40. The van der Waals surface area contributed by atoms with Crippen molar-refractivity contribution in [3.63, 3.8) is 0 Å². The number of nitrogens with two attached hydrogens (primary N) is 1. The SMILES string of the molecule is CCC1CN(C)CCCN1CC(C)(N)C1CC1. The predicted octanol–water partition coefficient (Wildman–Crippen LogP) is 1.53. The summed E-state index contributed by atoms with van der Waals surface area (Å²) in [5.74, 6) is 0.779. The van der Waals surface area contributed by atoms with Crippen molar-refractivity contribution in [2.75, 3.05) is 33.2 Å². The Labute approximate surface area is 106 Å². The molecule has 0 aromatic heterocycles. The zero-order chi connectivity index (χ0) is 12.5. The lowest BCUT2D eigenvalue weighted by molar-refractivity contribution is 0.141. The van der Waals surface area contributed by atoms with Crippen molar-refractivity contribution in [2.45, 2.75) is 51.1 Å². The highest BCUT2D eigenvalue weighted by molar-refractivity contribution is 4.98. The molecule has 1 saturated heterocycles. The first kappa shape index (κ1) is 13.3. The van der Waals surface area contributed by atoms with E-state index in [1.54, 1.807) is 0 Å². The second-order valence-corrected chi connectivity index (χ2v) is 6.43. The Morgan fingerprint density at radius 3 is 2.59 bits per heavy atom. The monoisotopic (exact) mass is 239 g/mol. The minimum absolute atomic E-state index is 0.0380. The average Bonchev–Trinajstić information content (AvgIpc) is 3.06. The summed E-state index contributed by atoms with van der Waals surface area (Å²) in [4.78, 5) is 5.13. The number of likely N-dealkylation sites (N-methyl/N-ethyl adjacent to an activating group) is 1. The summed E-state index contributed by atoms with van der Waals surface area (Å²) < 4.78 is 0. The van der Waals surface area contributed by atoms with Crippen LogP contribution in [0.25, 0.3) is 0 Å². The van der Waals surface area contributed by atoms with Gasteiger partial charge in [-0.25, -0.2) is 0 Å². The lowest BCUT2D eigenvalue weighted by Crippen LogP contribution is -2.53. The Bertz CT molecular complexity index is 248. The first-order valence-corrected chi connectivity index (χ1v) is 7.24. The largest absolute Gasteiger partial charge is 0.324 e. The van der Waals surface area contributed by atoms with Gasteiger partial charge in [-0.1, -0.05) is 6.92 Å². The van der Waals surface area contributed by atoms with E-state index < -0.39 is 0 Å². The van der Waals surface area contributed by atoms with E-state index in [1.807, 2.05) is 0 Å². The van der Waals surface area contributed by atoms with Crippen molar-refractivity contribution < 1.29 is 0 Å². The standard InChI is InChI=1S/C14H29N3/c1-4-13-10-16(3)8-5-9-17(13)11-14(2,15)12-6-7-12/h12-13H,4-11,15H2,1-3H3. The summed E-state index contributed by atoms with van der Waals surface area (Å²) in [5.41, 5.74) is 6.54. The molecule has 2 N–H and O–H groups in total. The van der Waals surface area contributed by atoms with Crippen molar-refractivity contribution in [2.24, 2.45) is 11.7 Å². The highest BCUT2D eigenvalue weighted by atomic mass is 15.2. The molecule has 2 aliphatic rings. The van der Waals surface area contributed by atoms with Gasteiger partial charge in [0.15, 0.2) is 0 Å². The van der Waals surface area contributed by atoms with Crippen molar-refractivity contribution in [3.05, 3.63) is 0 Å². The van der Waals surface area contributed by atoms with Crippen LogP contribution in [0.15, 0.2) is 0 Å². The molecule has 0 bridgehead atoms. The molecule has 0 aromatic carbocycles. The Morgan fingerprint density at radius 1 is 1.29 bits per heavy atom. The molecule has 1 heterocycles. The molecule has 0 spiro atoms. The van der Waals surface area contributed by atoms with E-state index in [-0.39, 0.29) is 5.54 Å². The molecule has 0 radical (unpaired) electrons. The Morgan fingerprint density at radius 2 is 2.00 bits per heavy atom. The van der Waals surface area contributed by atoms with Gasteiger partial charge in [0.25, 0.3) is 0 Å². The van der Waals surface area contributed by atoms with Crippen molar-refractivity contribution in [1.29, 1.82) is 0 Å². The summed E-state index contributed by atoms with van der Waals surface area (Å²) in [6.45, 7) is 9.31. The van der Waals surface area contributed by atoms with E-state index in [0.29, 0.717) is 6.04 Å². The van der Waals surface area contributed by atoms with Crippen LogP contribution in [0.1, 0.15) is 39.5 Å². The smallest absolute Gasteiger partial charge is 0.0283 e. The van der Waals surface area contributed by atoms with Crippen LogP contribution < -0.4 is 5.73 Å². The summed E-state index contributed by atoms with van der Waals surface area (Å²) in [7, 11) is 2.24. The molecule has 1 saturated carbocycles. The first-order valence-electron chi connectivity index (χ1n) is 7.24. The third-order valence-corrected chi connectivity index (χ3v) is 4.55. The predicted molar refractivity (Wildman–Crippen MR) is 73.1 cm³/mol. The molecule has 1 aliphatic carbocycles. The average molecular weight is 239 g/mol. The second-order valence-electron chi connectivity index (χ2n) is 6.43. The first-order chi connectivity index (χ1) is 8.03. The van der Waals surface area contributed by atoms with Crippen LogP contribution in [0, 0.1) is 5.92 Å². The quantitative estimate of drug-likeness (QED) is 0.807. The molecule has 2 atom stereocenters. The molecule has 1 aliphatic heterocycles. The number of hydrogen-bond acceptors (Lipinski definition) is 3. The fourth-order valence-corrected chi connectivity index (χ4v) is 3.20. The lowest BCUT2D eigenvalue weighted by atomic mass is 9.95. The van der Waals surface area contributed by atoms with Gasteiger partial charge < -0.3 is 10.6 Å². The maximum absolute atomic E-state index is 6.50. The topological polar surface area (TPSA) is 32.5 Å². The summed E-state index contributed by atoms with van der Waals surface area (Å²) in [5, 5.41) is 0. The molecule has 0 aromatic rings. The van der Waals surface area contributed by atoms with Gasteiger partial charge in [0.2, 0.25) is 0 Å². The van der Waals surface area contributed by atoms with Crippen LogP contribution in [0.2, 0.25) is 0 Å². The number of hydrogen-bond donors (Lipinski definition) is 1. The molecular weight excluding hydrogens is 210 g/mol. The van der Waals surface area contributed by atoms with Gasteiger partial charge in [0.1, 0.15) is 0 Å². The van der Waals surface area contributed by atoms with Gasteiger partial charge in [-0.15, -0.1) is 0 Å². The maximum Gasteiger partial charge on any atom is 0.0283 e. The van der Waals surface area contributed by atoms with Crippen LogP contribution in [-0.4, -0.2) is 54.6 Å². The molecular formula is C14H29N3. The van der Waals surface area contributed by atoms with Crippen LogP contribution in [-0.2, 0) is 0 Å². The van der Waals surface area contributed by atoms with E-state index in [9.17, 15) is 0 Å². The number of rotatable bonds is 4. The van der Waals surface area contributed by atoms with Crippen LogP contribution in [0.5, 0.6) is 0 Å². The van der Waals surface area contributed by atoms with Crippen molar-refractivity contribution in [3.8, 4) is 0 Å². The minimum Gasteiger partial charge on any atom is -0.324 e. The van der Waals surface area contributed by atoms with Crippen molar-refractivity contribution >= 4 is 0 Å². The van der Waals surface area contributed by atoms with Gasteiger partial charge >= 0.3 is 0 Å². The van der Waals surface area contributed by atoms with Gasteiger partial charge in [-0.3, -0.25) is 4.90 Å². The Hall–Kier alpha value is -0.120. The molecule has 2 rings (SSSR count). The molecule has 3 heteroatoms. The summed E-state index contributed by atoms with van der Waals surface area (Å²) in [6.07, 6.45) is 5.22. The molecule has 100 valence electrons. The van der Waals surface area contributed by atoms with Crippen molar-refractivity contribution in [1.82, 2.24) is 9.80 Å². The Balaban J connectivity index is 1.96. The lowest BCUT2D eigenvalue weighted by Gasteiger charge is -2.37. The van der Waals surface area contributed by atoms with E-state index in [0.717, 1.165) is 12.5 Å². The third kappa shape index (κ3) is 3.43. The summed E-state index contributed by atoms with van der Waals surface area (Å²) >= 11 is 0. The number of nitrogens with zero attached hydrogens (tertiary/aromatic N) is 2. The van der Waals surface area contributed by atoms with E-state index >= 15 is 0 Å². The van der Waals surface area contributed by atoms with Crippen LogP contribution >= 0.6 is 0 Å². The zero-order valence-electron chi connectivity index (χ0n) is 11.8. The minimum atomic E-state index is 0.0380. The zero-order valence-corrected chi connectivity index (χ0v) is 11.8. The van der Waals surface area contributed by atoms with Gasteiger partial charge in [0.05, 0.1) is 0 Å². The molecule has 17 heavy (non-hydrogen) atoms. The Kier molecular flexibility index (Phi) is 4.11. The van der Waals surface area contributed by atoms with Crippen LogP contribution in [0.3, 0.4) is 0 Å². The van der Waals surface area contributed by atoms with Gasteiger partial charge in [0, 0.05) is 24.7 Å². The van der Waals surface area contributed by atoms with E-state index in [2.05, 4.69) is 30.7 Å². The van der Waals surface area contributed by atoms with E-state index in [1.165, 1.54) is 45.3 Å². The third-order valence-electron chi connectivity index (χ3n) is 4.55. The summed E-state index contributed by atoms with van der Waals surface area (Å²) in [6, 6.07) is 0.698. The molecule has 2 unspecified atom stereocenters.